The Hall–Kier alpha value is -1.61. The number of carboxylic acid groups (broad SMARTS) is 1. The third-order valence-electron chi connectivity index (χ3n) is 7.28. The lowest BCUT2D eigenvalue weighted by atomic mass is 9.51. The summed E-state index contributed by atoms with van der Waals surface area (Å²) in [6.07, 6.45) is 4.57. The number of aliphatic hydroxyl groups is 1. The van der Waals surface area contributed by atoms with Crippen LogP contribution in [0.3, 0.4) is 0 Å². The summed E-state index contributed by atoms with van der Waals surface area (Å²) in [6.45, 7) is 6.55. The van der Waals surface area contributed by atoms with E-state index < -0.39 is 11.6 Å². The van der Waals surface area contributed by atoms with Gasteiger partial charge in [-0.15, -0.1) is 0 Å². The summed E-state index contributed by atoms with van der Waals surface area (Å²) in [6, 6.07) is 8.28. The fourth-order valence-electron chi connectivity index (χ4n) is 6.15. The number of aryl methyl sites for hydroxylation is 1. The molecular formula is C21H26O3. The highest BCUT2D eigenvalue weighted by atomic mass is 16.4. The van der Waals surface area contributed by atoms with Gasteiger partial charge in [0.1, 0.15) is 0 Å². The monoisotopic (exact) mass is 326 g/mol. The fraction of sp³-hybridized carbons (Fsp3) is 0.571. The molecule has 2 N–H and O–H groups in total. The average molecular weight is 326 g/mol. The van der Waals surface area contributed by atoms with Crippen LogP contribution in [0.1, 0.15) is 50.2 Å². The van der Waals surface area contributed by atoms with Crippen molar-refractivity contribution in [1.82, 2.24) is 0 Å². The van der Waals surface area contributed by atoms with E-state index in [9.17, 15) is 15.0 Å². The van der Waals surface area contributed by atoms with Gasteiger partial charge in [0.05, 0.1) is 5.60 Å². The van der Waals surface area contributed by atoms with Gasteiger partial charge in [-0.3, -0.25) is 4.79 Å². The first-order valence-corrected chi connectivity index (χ1v) is 9.06. The van der Waals surface area contributed by atoms with Gasteiger partial charge in [-0.1, -0.05) is 43.3 Å². The van der Waals surface area contributed by atoms with Gasteiger partial charge in [0, 0.05) is 6.42 Å². The van der Waals surface area contributed by atoms with Crippen LogP contribution >= 0.6 is 0 Å². The molecule has 5 atom stereocenters. The molecule has 3 aliphatic rings. The zero-order valence-corrected chi connectivity index (χ0v) is 14.3. The Morgan fingerprint density at radius 2 is 2.08 bits per heavy atom. The van der Waals surface area contributed by atoms with Gasteiger partial charge in [0.2, 0.25) is 0 Å². The maximum absolute atomic E-state index is 11.6. The molecule has 0 amide bonds. The SMILES string of the molecule is C=C1C[C@@H](CC(=O)O)[C@@]2(C)CC[C@]3(O)c4ccccc4CC[C@@H]3C12. The normalized spacial score (nSPS) is 40.6. The Bertz CT molecular complexity index is 709. The summed E-state index contributed by atoms with van der Waals surface area (Å²) in [5.74, 6) is -0.176. The fourth-order valence-corrected chi connectivity index (χ4v) is 6.15. The molecule has 128 valence electrons. The highest BCUT2D eigenvalue weighted by Gasteiger charge is 2.61. The zero-order valence-electron chi connectivity index (χ0n) is 14.3. The standard InChI is InChI=1S/C21H26O3/c1-13-11-15(12-18(22)23)20(2)9-10-21(24)16-6-4-3-5-14(16)7-8-17(21)19(13)20/h3-6,15,17,19,24H,1,7-12H2,2H3,(H,22,23)/t15-,17+,19?,20+,21-/m0/s1. The molecule has 1 aromatic rings. The number of hydrogen-bond acceptors (Lipinski definition) is 2. The lowest BCUT2D eigenvalue weighted by Crippen LogP contribution is -2.52. The summed E-state index contributed by atoms with van der Waals surface area (Å²) in [5, 5.41) is 20.9. The number of carboxylic acids is 1. The first-order chi connectivity index (χ1) is 11.4. The number of fused-ring (bicyclic) bond motifs is 5. The molecule has 24 heavy (non-hydrogen) atoms. The Kier molecular flexibility index (Phi) is 3.44. The van der Waals surface area contributed by atoms with Crippen molar-refractivity contribution in [2.75, 3.05) is 0 Å². The highest BCUT2D eigenvalue weighted by Crippen LogP contribution is 2.66. The number of aliphatic carboxylic acids is 1. The predicted octanol–water partition coefficient (Wildman–Crippen LogP) is 3.90. The Morgan fingerprint density at radius 1 is 1.33 bits per heavy atom. The third-order valence-corrected chi connectivity index (χ3v) is 7.28. The molecule has 0 bridgehead atoms. The van der Waals surface area contributed by atoms with E-state index >= 15 is 0 Å². The highest BCUT2D eigenvalue weighted by molar-refractivity contribution is 5.67. The van der Waals surface area contributed by atoms with Crippen LogP contribution in [-0.4, -0.2) is 16.2 Å². The Morgan fingerprint density at radius 3 is 2.83 bits per heavy atom. The number of rotatable bonds is 2. The van der Waals surface area contributed by atoms with Gasteiger partial charge in [0.25, 0.3) is 0 Å². The molecule has 0 heterocycles. The smallest absolute Gasteiger partial charge is 0.303 e. The molecule has 2 saturated carbocycles. The van der Waals surface area contributed by atoms with Crippen molar-refractivity contribution in [3.63, 3.8) is 0 Å². The van der Waals surface area contributed by atoms with Crippen molar-refractivity contribution in [3.05, 3.63) is 47.5 Å². The summed E-state index contributed by atoms with van der Waals surface area (Å²) in [4.78, 5) is 11.3. The molecule has 3 aliphatic carbocycles. The summed E-state index contributed by atoms with van der Waals surface area (Å²) in [5.41, 5.74) is 2.70. The molecule has 0 aromatic heterocycles. The molecule has 3 nitrogen and oxygen atoms in total. The summed E-state index contributed by atoms with van der Waals surface area (Å²) < 4.78 is 0. The van der Waals surface area contributed by atoms with E-state index in [0.29, 0.717) is 0 Å². The molecule has 1 unspecified atom stereocenters. The number of allylic oxidation sites excluding steroid dienone is 1. The van der Waals surface area contributed by atoms with Gasteiger partial charge in [-0.05, 0) is 66.4 Å². The van der Waals surface area contributed by atoms with E-state index in [4.69, 9.17) is 0 Å². The molecular weight excluding hydrogens is 300 g/mol. The second kappa shape index (κ2) is 5.19. The van der Waals surface area contributed by atoms with Crippen molar-refractivity contribution in [3.8, 4) is 0 Å². The minimum absolute atomic E-state index is 0.0430. The first-order valence-electron chi connectivity index (χ1n) is 9.06. The minimum atomic E-state index is -0.778. The predicted molar refractivity (Wildman–Crippen MR) is 92.5 cm³/mol. The molecule has 0 saturated heterocycles. The largest absolute Gasteiger partial charge is 0.481 e. The van der Waals surface area contributed by atoms with Gasteiger partial charge in [-0.2, -0.15) is 0 Å². The van der Waals surface area contributed by atoms with Crippen LogP contribution in [0.15, 0.2) is 36.4 Å². The summed E-state index contributed by atoms with van der Waals surface area (Å²) in [7, 11) is 0. The van der Waals surface area contributed by atoms with Crippen LogP contribution in [0.5, 0.6) is 0 Å². The van der Waals surface area contributed by atoms with E-state index in [1.54, 1.807) is 0 Å². The van der Waals surface area contributed by atoms with Crippen molar-refractivity contribution >= 4 is 5.97 Å². The molecule has 4 rings (SSSR count). The second-order valence-electron chi connectivity index (χ2n) is 8.37. The van der Waals surface area contributed by atoms with Crippen LogP contribution in [-0.2, 0) is 16.8 Å². The molecule has 0 spiro atoms. The number of hydrogen-bond donors (Lipinski definition) is 2. The van der Waals surface area contributed by atoms with Gasteiger partial charge in [0.15, 0.2) is 0 Å². The molecule has 0 radical (unpaired) electrons. The zero-order chi connectivity index (χ0) is 17.1. The van der Waals surface area contributed by atoms with E-state index in [2.05, 4.69) is 25.6 Å². The van der Waals surface area contributed by atoms with E-state index in [-0.39, 0.29) is 29.6 Å². The third kappa shape index (κ3) is 2.03. The lowest BCUT2D eigenvalue weighted by molar-refractivity contribution is -0.144. The van der Waals surface area contributed by atoms with E-state index in [1.807, 2.05) is 12.1 Å². The Balaban J connectivity index is 1.75. The van der Waals surface area contributed by atoms with Crippen molar-refractivity contribution in [1.29, 1.82) is 0 Å². The van der Waals surface area contributed by atoms with Crippen LogP contribution in [0.4, 0.5) is 0 Å². The van der Waals surface area contributed by atoms with Gasteiger partial charge >= 0.3 is 5.97 Å². The van der Waals surface area contributed by atoms with E-state index in [1.165, 1.54) is 5.56 Å². The minimum Gasteiger partial charge on any atom is -0.481 e. The van der Waals surface area contributed by atoms with Crippen molar-refractivity contribution < 1.29 is 15.0 Å². The molecule has 1 aromatic carbocycles. The van der Waals surface area contributed by atoms with Crippen LogP contribution in [0.25, 0.3) is 0 Å². The van der Waals surface area contributed by atoms with Gasteiger partial charge < -0.3 is 10.2 Å². The lowest BCUT2D eigenvalue weighted by Gasteiger charge is -2.55. The van der Waals surface area contributed by atoms with Crippen LogP contribution in [0, 0.1) is 23.2 Å². The maximum atomic E-state index is 11.6. The Labute approximate surface area is 143 Å². The molecule has 2 fully saturated rings. The number of carbonyl (C=O) groups is 1. The van der Waals surface area contributed by atoms with E-state index in [0.717, 1.165) is 43.2 Å². The maximum Gasteiger partial charge on any atom is 0.303 e. The molecule has 0 aliphatic heterocycles. The van der Waals surface area contributed by atoms with Crippen LogP contribution in [0.2, 0.25) is 0 Å². The average Bonchev–Trinajstić information content (AvgIpc) is 2.78. The quantitative estimate of drug-likeness (QED) is 0.810. The van der Waals surface area contributed by atoms with Crippen molar-refractivity contribution in [2.24, 2.45) is 23.2 Å². The topological polar surface area (TPSA) is 57.5 Å². The molecule has 3 heteroatoms. The first kappa shape index (κ1) is 15.9. The summed E-state index contributed by atoms with van der Waals surface area (Å²) >= 11 is 0. The second-order valence-corrected chi connectivity index (χ2v) is 8.37. The van der Waals surface area contributed by atoms with Crippen molar-refractivity contribution in [2.45, 2.75) is 51.0 Å². The van der Waals surface area contributed by atoms with Gasteiger partial charge in [-0.25, -0.2) is 0 Å². The van der Waals surface area contributed by atoms with Crippen LogP contribution < -0.4 is 0 Å². The number of benzene rings is 1.